The van der Waals surface area contributed by atoms with E-state index in [0.717, 1.165) is 0 Å². The molecular formula is C27H26FN5O5. The van der Waals surface area contributed by atoms with Gasteiger partial charge in [-0.1, -0.05) is 0 Å². The van der Waals surface area contributed by atoms with Gasteiger partial charge in [0.25, 0.3) is 0 Å². The fourth-order valence-electron chi connectivity index (χ4n) is 3.96. The molecule has 0 atom stereocenters. The highest BCUT2D eigenvalue weighted by Crippen LogP contribution is 2.47. The maximum atomic E-state index is 13.1. The van der Waals surface area contributed by atoms with E-state index in [0.29, 0.717) is 67.8 Å². The van der Waals surface area contributed by atoms with E-state index >= 15 is 0 Å². The molecule has 0 unspecified atom stereocenters. The highest BCUT2D eigenvalue weighted by molar-refractivity contribution is 6.16. The Bertz CT molecular complexity index is 1320. The maximum Gasteiger partial charge on any atom is 0.323 e. The van der Waals surface area contributed by atoms with E-state index in [-0.39, 0.29) is 6.03 Å². The Balaban J connectivity index is 1.16. The van der Waals surface area contributed by atoms with Crippen molar-refractivity contribution in [2.75, 3.05) is 42.3 Å². The van der Waals surface area contributed by atoms with Gasteiger partial charge in [0.1, 0.15) is 28.5 Å². The standard InChI is InChI=1S/C27H26FN5O5/c28-18-1-3-19(4-2-18)30-24(34)27(10-11-27)25(35)31-20-5-7-21(8-6-20)38-22-9-12-29-23(17-22)32-26(36)33-13-15-37-16-14-33/h1-9,12,17H,10-11,13-16H2,(H,30,34)(H,31,35)(H,29,32,36). The number of anilines is 3. The van der Waals surface area contributed by atoms with Crippen LogP contribution in [0.1, 0.15) is 12.8 Å². The third kappa shape index (κ3) is 5.89. The van der Waals surface area contributed by atoms with E-state index < -0.39 is 23.0 Å². The van der Waals surface area contributed by atoms with Gasteiger partial charge in [0.2, 0.25) is 11.8 Å². The first-order chi connectivity index (χ1) is 18.4. The second-order valence-corrected chi connectivity index (χ2v) is 9.03. The molecule has 196 valence electrons. The quantitative estimate of drug-likeness (QED) is 0.402. The number of carbonyl (C=O) groups is 3. The summed E-state index contributed by atoms with van der Waals surface area (Å²) in [4.78, 5) is 43.8. The summed E-state index contributed by atoms with van der Waals surface area (Å²) in [5.74, 6) is 0.111. The SMILES string of the molecule is O=C(Nc1cc(Oc2ccc(NC(=O)C3(C(=O)Nc4ccc(F)cc4)CC3)cc2)ccn1)N1CCOCC1. The molecule has 5 rings (SSSR count). The summed E-state index contributed by atoms with van der Waals surface area (Å²) in [7, 11) is 0. The van der Waals surface area contributed by atoms with Gasteiger partial charge in [-0.15, -0.1) is 0 Å². The molecule has 1 saturated heterocycles. The van der Waals surface area contributed by atoms with E-state index in [2.05, 4.69) is 20.9 Å². The number of morpholine rings is 1. The second kappa shape index (κ2) is 10.9. The third-order valence-corrected chi connectivity index (χ3v) is 6.33. The summed E-state index contributed by atoms with van der Waals surface area (Å²) < 4.78 is 24.2. The Kier molecular flexibility index (Phi) is 7.18. The van der Waals surface area contributed by atoms with E-state index in [9.17, 15) is 18.8 Å². The van der Waals surface area contributed by atoms with Gasteiger partial charge in [-0.3, -0.25) is 14.9 Å². The topological polar surface area (TPSA) is 122 Å². The van der Waals surface area contributed by atoms with Gasteiger partial charge >= 0.3 is 6.03 Å². The minimum atomic E-state index is -1.15. The van der Waals surface area contributed by atoms with Crippen LogP contribution < -0.4 is 20.7 Å². The van der Waals surface area contributed by atoms with Crippen LogP contribution in [0.3, 0.4) is 0 Å². The van der Waals surface area contributed by atoms with Crippen molar-refractivity contribution in [2.45, 2.75) is 12.8 Å². The molecule has 2 heterocycles. The zero-order valence-electron chi connectivity index (χ0n) is 20.4. The lowest BCUT2D eigenvalue weighted by molar-refractivity contribution is -0.131. The van der Waals surface area contributed by atoms with Crippen molar-refractivity contribution in [3.8, 4) is 11.5 Å². The summed E-state index contributed by atoms with van der Waals surface area (Å²) in [6.07, 6.45) is 2.39. The number of amides is 4. The number of hydrogen-bond donors (Lipinski definition) is 3. The van der Waals surface area contributed by atoms with Crippen LogP contribution in [0.25, 0.3) is 0 Å². The summed E-state index contributed by atoms with van der Waals surface area (Å²) in [6, 6.07) is 15.1. The largest absolute Gasteiger partial charge is 0.457 e. The Labute approximate surface area is 218 Å². The molecular weight excluding hydrogens is 493 g/mol. The van der Waals surface area contributed by atoms with Crippen LogP contribution in [0, 0.1) is 11.2 Å². The van der Waals surface area contributed by atoms with Gasteiger partial charge in [0, 0.05) is 36.7 Å². The molecule has 2 aromatic carbocycles. The Morgan fingerprint density at radius 2 is 1.45 bits per heavy atom. The average Bonchev–Trinajstić information content (AvgIpc) is 3.74. The number of rotatable bonds is 7. The summed E-state index contributed by atoms with van der Waals surface area (Å²) in [5.41, 5.74) is -0.212. The molecule has 0 spiro atoms. The predicted octanol–water partition coefficient (Wildman–Crippen LogP) is 4.23. The van der Waals surface area contributed by atoms with Crippen molar-refractivity contribution in [1.29, 1.82) is 0 Å². The van der Waals surface area contributed by atoms with Crippen LogP contribution in [-0.2, 0) is 14.3 Å². The first-order valence-corrected chi connectivity index (χ1v) is 12.2. The van der Waals surface area contributed by atoms with E-state index in [4.69, 9.17) is 9.47 Å². The normalized spacial score (nSPS) is 15.8. The number of hydrogen-bond acceptors (Lipinski definition) is 6. The lowest BCUT2D eigenvalue weighted by Gasteiger charge is -2.26. The molecule has 1 aliphatic heterocycles. The number of benzene rings is 2. The molecule has 2 aliphatic rings. The molecule has 1 aliphatic carbocycles. The second-order valence-electron chi connectivity index (χ2n) is 9.03. The van der Waals surface area contributed by atoms with Crippen molar-refractivity contribution in [2.24, 2.45) is 5.41 Å². The van der Waals surface area contributed by atoms with E-state index in [1.165, 1.54) is 30.5 Å². The third-order valence-electron chi connectivity index (χ3n) is 6.33. The highest BCUT2D eigenvalue weighted by Gasteiger charge is 2.56. The fraction of sp³-hybridized carbons (Fsp3) is 0.259. The monoisotopic (exact) mass is 519 g/mol. The maximum absolute atomic E-state index is 13.1. The zero-order valence-corrected chi connectivity index (χ0v) is 20.4. The molecule has 3 N–H and O–H groups in total. The van der Waals surface area contributed by atoms with Crippen molar-refractivity contribution in [1.82, 2.24) is 9.88 Å². The molecule has 3 aromatic rings. The van der Waals surface area contributed by atoms with Gasteiger partial charge in [-0.05, 0) is 67.4 Å². The zero-order chi connectivity index (χ0) is 26.5. The first-order valence-electron chi connectivity index (χ1n) is 12.2. The number of pyridine rings is 1. The molecule has 4 amide bonds. The minimum Gasteiger partial charge on any atom is -0.457 e. The number of aromatic nitrogens is 1. The van der Waals surface area contributed by atoms with Crippen LogP contribution >= 0.6 is 0 Å². The van der Waals surface area contributed by atoms with Gasteiger partial charge in [-0.25, -0.2) is 14.2 Å². The molecule has 0 bridgehead atoms. The van der Waals surface area contributed by atoms with Gasteiger partial charge < -0.3 is 25.0 Å². The molecule has 0 radical (unpaired) electrons. The highest BCUT2D eigenvalue weighted by atomic mass is 19.1. The first kappa shape index (κ1) is 25.2. The summed E-state index contributed by atoms with van der Waals surface area (Å²) in [5, 5.41) is 8.23. The summed E-state index contributed by atoms with van der Waals surface area (Å²) >= 11 is 0. The average molecular weight is 520 g/mol. The van der Waals surface area contributed by atoms with Gasteiger partial charge in [-0.2, -0.15) is 0 Å². The number of ether oxygens (including phenoxy) is 2. The van der Waals surface area contributed by atoms with Crippen LogP contribution in [0.15, 0.2) is 66.9 Å². The number of nitrogens with zero attached hydrogens (tertiary/aromatic N) is 2. The molecule has 2 fully saturated rings. The number of urea groups is 1. The van der Waals surface area contributed by atoms with Crippen molar-refractivity contribution < 1.29 is 28.2 Å². The summed E-state index contributed by atoms with van der Waals surface area (Å²) in [6.45, 7) is 2.05. The van der Waals surface area contributed by atoms with Gasteiger partial charge in [0.05, 0.1) is 13.2 Å². The van der Waals surface area contributed by atoms with Crippen LogP contribution in [0.4, 0.5) is 26.4 Å². The number of carbonyl (C=O) groups excluding carboxylic acids is 3. The van der Waals surface area contributed by atoms with Crippen LogP contribution in [0.5, 0.6) is 11.5 Å². The Morgan fingerprint density at radius 1 is 0.842 bits per heavy atom. The molecule has 1 aromatic heterocycles. The van der Waals surface area contributed by atoms with Crippen molar-refractivity contribution in [3.63, 3.8) is 0 Å². The molecule has 11 heteroatoms. The van der Waals surface area contributed by atoms with Crippen molar-refractivity contribution >= 4 is 35.0 Å². The Morgan fingerprint density at radius 3 is 2.05 bits per heavy atom. The number of halogens is 1. The molecule has 10 nitrogen and oxygen atoms in total. The lowest BCUT2D eigenvalue weighted by Crippen LogP contribution is -2.43. The Hall–Kier alpha value is -4.51. The fourth-order valence-corrected chi connectivity index (χ4v) is 3.96. The molecule has 38 heavy (non-hydrogen) atoms. The number of nitrogens with one attached hydrogen (secondary N) is 3. The van der Waals surface area contributed by atoms with Crippen molar-refractivity contribution in [3.05, 3.63) is 72.7 Å². The minimum absolute atomic E-state index is 0.252. The van der Waals surface area contributed by atoms with Gasteiger partial charge in [0.15, 0.2) is 0 Å². The molecule has 1 saturated carbocycles. The van der Waals surface area contributed by atoms with E-state index in [1.807, 2.05) is 0 Å². The predicted molar refractivity (Wildman–Crippen MR) is 137 cm³/mol. The van der Waals surface area contributed by atoms with Crippen LogP contribution in [-0.4, -0.2) is 54.0 Å². The lowest BCUT2D eigenvalue weighted by atomic mass is 10.0. The van der Waals surface area contributed by atoms with Crippen LogP contribution in [0.2, 0.25) is 0 Å². The smallest absolute Gasteiger partial charge is 0.323 e. The van der Waals surface area contributed by atoms with E-state index in [1.54, 1.807) is 41.3 Å².